The lowest BCUT2D eigenvalue weighted by Gasteiger charge is -2.30. The molecule has 0 atom stereocenters. The van der Waals surface area contributed by atoms with Gasteiger partial charge in [-0.05, 0) is 55.2 Å². The highest BCUT2D eigenvalue weighted by atomic mass is 35.5. The van der Waals surface area contributed by atoms with Gasteiger partial charge in [-0.3, -0.25) is 0 Å². The summed E-state index contributed by atoms with van der Waals surface area (Å²) in [5, 5.41) is 5.27. The van der Waals surface area contributed by atoms with E-state index in [4.69, 9.17) is 23.2 Å². The minimum atomic E-state index is 0.417. The van der Waals surface area contributed by atoms with E-state index in [-0.39, 0.29) is 0 Å². The molecular weight excluding hydrogens is 277 g/mol. The van der Waals surface area contributed by atoms with Gasteiger partial charge in [0.25, 0.3) is 0 Å². The van der Waals surface area contributed by atoms with Gasteiger partial charge in [-0.25, -0.2) is 0 Å². The van der Waals surface area contributed by atoms with Crippen LogP contribution in [0.2, 0.25) is 10.0 Å². The highest BCUT2D eigenvalue weighted by Crippen LogP contribution is 2.42. The van der Waals surface area contributed by atoms with Crippen molar-refractivity contribution < 1.29 is 0 Å². The van der Waals surface area contributed by atoms with Gasteiger partial charge in [0.1, 0.15) is 0 Å². The molecule has 0 amide bonds. The second-order valence-electron chi connectivity index (χ2n) is 6.27. The van der Waals surface area contributed by atoms with E-state index in [1.165, 1.54) is 44.1 Å². The molecule has 0 unspecified atom stereocenters. The van der Waals surface area contributed by atoms with E-state index in [0.29, 0.717) is 5.41 Å². The van der Waals surface area contributed by atoms with Crippen LogP contribution in [0.1, 0.15) is 44.1 Å². The molecule has 2 fully saturated rings. The molecule has 0 bridgehead atoms. The quantitative estimate of drug-likeness (QED) is 0.819. The molecule has 2 saturated carbocycles. The van der Waals surface area contributed by atoms with Crippen molar-refractivity contribution in [1.82, 2.24) is 5.32 Å². The molecule has 0 spiro atoms. The molecule has 19 heavy (non-hydrogen) atoms. The fourth-order valence-electron chi connectivity index (χ4n) is 3.26. The number of hydrogen-bond donors (Lipinski definition) is 1. The topological polar surface area (TPSA) is 12.0 Å². The number of hydrogen-bond acceptors (Lipinski definition) is 1. The van der Waals surface area contributed by atoms with E-state index in [9.17, 15) is 0 Å². The maximum atomic E-state index is 6.34. The smallest absolute Gasteiger partial charge is 0.0453 e. The summed E-state index contributed by atoms with van der Waals surface area (Å²) in [6, 6.07) is 6.72. The third-order valence-corrected chi connectivity index (χ3v) is 5.17. The molecule has 3 rings (SSSR count). The summed E-state index contributed by atoms with van der Waals surface area (Å²) in [7, 11) is 0. The summed E-state index contributed by atoms with van der Waals surface area (Å²) in [6.07, 6.45) is 9.17. The number of benzene rings is 1. The van der Waals surface area contributed by atoms with Crippen LogP contribution in [0.25, 0.3) is 0 Å². The van der Waals surface area contributed by atoms with Crippen LogP contribution in [0.3, 0.4) is 0 Å². The molecule has 2 aliphatic rings. The molecule has 0 radical (unpaired) electrons. The van der Waals surface area contributed by atoms with Crippen LogP contribution >= 0.6 is 23.2 Å². The molecule has 1 aromatic carbocycles. The predicted octanol–water partition coefficient (Wildman–Crippen LogP) is 4.85. The molecule has 0 aliphatic heterocycles. The van der Waals surface area contributed by atoms with Gasteiger partial charge >= 0.3 is 0 Å². The predicted molar refractivity (Wildman–Crippen MR) is 82.1 cm³/mol. The maximum Gasteiger partial charge on any atom is 0.0453 e. The van der Waals surface area contributed by atoms with Crippen LogP contribution in [0.5, 0.6) is 0 Å². The molecular formula is C16H21Cl2N. The molecule has 0 saturated heterocycles. The Morgan fingerprint density at radius 3 is 2.53 bits per heavy atom. The van der Waals surface area contributed by atoms with Crippen LogP contribution in [0.15, 0.2) is 18.2 Å². The first-order valence-electron chi connectivity index (χ1n) is 7.34. The highest BCUT2D eigenvalue weighted by Gasteiger charge is 2.36. The Morgan fingerprint density at radius 2 is 1.89 bits per heavy atom. The zero-order valence-corrected chi connectivity index (χ0v) is 12.7. The molecule has 0 heterocycles. The van der Waals surface area contributed by atoms with Gasteiger partial charge in [-0.1, -0.05) is 42.1 Å². The van der Waals surface area contributed by atoms with Gasteiger partial charge in [0, 0.05) is 22.6 Å². The Labute approximate surface area is 125 Å². The Balaban J connectivity index is 1.72. The minimum absolute atomic E-state index is 0.417. The van der Waals surface area contributed by atoms with Gasteiger partial charge in [-0.2, -0.15) is 0 Å². The first kappa shape index (κ1) is 13.7. The second-order valence-corrected chi connectivity index (χ2v) is 7.12. The van der Waals surface area contributed by atoms with E-state index in [1.807, 2.05) is 12.1 Å². The molecule has 3 heteroatoms. The lowest BCUT2D eigenvalue weighted by molar-refractivity contribution is 0.276. The van der Waals surface area contributed by atoms with Crippen LogP contribution in [0.4, 0.5) is 0 Å². The van der Waals surface area contributed by atoms with Crippen LogP contribution in [0, 0.1) is 5.41 Å². The summed E-state index contributed by atoms with van der Waals surface area (Å²) in [5.74, 6) is 0. The fourth-order valence-corrected chi connectivity index (χ4v) is 3.73. The molecule has 1 aromatic rings. The van der Waals surface area contributed by atoms with Gasteiger partial charge in [0.2, 0.25) is 0 Å². The lowest BCUT2D eigenvalue weighted by atomic mass is 9.80. The standard InChI is InChI=1S/C16H21Cl2N/c17-13-4-3-12(15(18)9-13)10-16(7-1-2-8-16)11-19-14-5-6-14/h3-4,9,14,19H,1-2,5-8,10-11H2. The Kier molecular flexibility index (Phi) is 4.07. The summed E-state index contributed by atoms with van der Waals surface area (Å²) in [6.45, 7) is 1.15. The first-order chi connectivity index (χ1) is 9.17. The van der Waals surface area contributed by atoms with Crippen molar-refractivity contribution in [3.05, 3.63) is 33.8 Å². The normalized spacial score (nSPS) is 21.8. The van der Waals surface area contributed by atoms with Crippen molar-refractivity contribution in [3.63, 3.8) is 0 Å². The van der Waals surface area contributed by atoms with Crippen LogP contribution < -0.4 is 5.32 Å². The Morgan fingerprint density at radius 1 is 1.16 bits per heavy atom. The van der Waals surface area contributed by atoms with E-state index < -0.39 is 0 Å². The summed E-state index contributed by atoms with van der Waals surface area (Å²) in [5.41, 5.74) is 1.67. The van der Waals surface area contributed by atoms with Crippen molar-refractivity contribution in [1.29, 1.82) is 0 Å². The zero-order valence-electron chi connectivity index (χ0n) is 11.2. The van der Waals surface area contributed by atoms with E-state index in [2.05, 4.69) is 11.4 Å². The van der Waals surface area contributed by atoms with Gasteiger partial charge < -0.3 is 5.32 Å². The summed E-state index contributed by atoms with van der Waals surface area (Å²) < 4.78 is 0. The maximum absolute atomic E-state index is 6.34. The Bertz CT molecular complexity index is 448. The number of rotatable bonds is 5. The monoisotopic (exact) mass is 297 g/mol. The van der Waals surface area contributed by atoms with E-state index in [1.54, 1.807) is 0 Å². The average molecular weight is 298 g/mol. The molecule has 1 nitrogen and oxygen atoms in total. The molecule has 104 valence electrons. The third-order valence-electron chi connectivity index (χ3n) is 4.59. The summed E-state index contributed by atoms with van der Waals surface area (Å²) in [4.78, 5) is 0. The van der Waals surface area contributed by atoms with Crippen LogP contribution in [-0.4, -0.2) is 12.6 Å². The number of nitrogens with one attached hydrogen (secondary N) is 1. The van der Waals surface area contributed by atoms with Crippen LogP contribution in [-0.2, 0) is 6.42 Å². The molecule has 2 aliphatic carbocycles. The molecule has 1 N–H and O–H groups in total. The van der Waals surface area contributed by atoms with Gasteiger partial charge in [0.05, 0.1) is 0 Å². The van der Waals surface area contributed by atoms with Crippen molar-refractivity contribution in [2.24, 2.45) is 5.41 Å². The Hall–Kier alpha value is -0.240. The SMILES string of the molecule is Clc1ccc(CC2(CNC3CC3)CCCC2)c(Cl)c1. The van der Waals surface area contributed by atoms with Crippen molar-refractivity contribution in [2.75, 3.05) is 6.54 Å². The average Bonchev–Trinajstić information content (AvgIpc) is 3.11. The van der Waals surface area contributed by atoms with E-state index >= 15 is 0 Å². The first-order valence-corrected chi connectivity index (χ1v) is 8.10. The third kappa shape index (κ3) is 3.45. The summed E-state index contributed by atoms with van der Waals surface area (Å²) >= 11 is 12.3. The lowest BCUT2D eigenvalue weighted by Crippen LogP contribution is -2.35. The van der Waals surface area contributed by atoms with Gasteiger partial charge in [-0.15, -0.1) is 0 Å². The molecule has 0 aromatic heterocycles. The van der Waals surface area contributed by atoms with Crippen molar-refractivity contribution >= 4 is 23.2 Å². The highest BCUT2D eigenvalue weighted by molar-refractivity contribution is 6.35. The minimum Gasteiger partial charge on any atom is -0.313 e. The zero-order chi connectivity index (χ0) is 13.3. The van der Waals surface area contributed by atoms with Crippen molar-refractivity contribution in [2.45, 2.75) is 51.0 Å². The van der Waals surface area contributed by atoms with Crippen molar-refractivity contribution in [3.8, 4) is 0 Å². The second kappa shape index (κ2) is 5.63. The fraction of sp³-hybridized carbons (Fsp3) is 0.625. The largest absolute Gasteiger partial charge is 0.313 e. The number of halogens is 2. The van der Waals surface area contributed by atoms with Gasteiger partial charge in [0.15, 0.2) is 0 Å². The van der Waals surface area contributed by atoms with E-state index in [0.717, 1.165) is 29.1 Å².